The van der Waals surface area contributed by atoms with Crippen LogP contribution in [0.25, 0.3) is 0 Å². The number of hydrogen-bond acceptors (Lipinski definition) is 4. The van der Waals surface area contributed by atoms with E-state index in [0.717, 1.165) is 52.2 Å². The van der Waals surface area contributed by atoms with Gasteiger partial charge in [0.25, 0.3) is 0 Å². The van der Waals surface area contributed by atoms with Crippen molar-refractivity contribution in [1.29, 1.82) is 0 Å². The smallest absolute Gasteiger partial charge is 0.303 e. The molecule has 0 spiro atoms. The van der Waals surface area contributed by atoms with Gasteiger partial charge in [-0.25, -0.2) is 0 Å². The number of likely N-dealkylation sites (tertiary alicyclic amines) is 1. The van der Waals surface area contributed by atoms with Crippen LogP contribution in [0.4, 0.5) is 0 Å². The maximum Gasteiger partial charge on any atom is 0.303 e. The summed E-state index contributed by atoms with van der Waals surface area (Å²) in [5, 5.41) is 8.87. The molecular weight excluding hydrogens is 256 g/mol. The Morgan fingerprint density at radius 2 is 2.20 bits per heavy atom. The lowest BCUT2D eigenvalue weighted by molar-refractivity contribution is -0.137. The lowest BCUT2D eigenvalue weighted by atomic mass is 9.97. The van der Waals surface area contributed by atoms with Crippen molar-refractivity contribution in [3.63, 3.8) is 0 Å². The summed E-state index contributed by atoms with van der Waals surface area (Å²) < 4.78 is 5.89. The van der Waals surface area contributed by atoms with Crippen LogP contribution in [0.3, 0.4) is 0 Å². The van der Waals surface area contributed by atoms with Gasteiger partial charge in [-0.1, -0.05) is 13.3 Å². The van der Waals surface area contributed by atoms with Gasteiger partial charge in [0.15, 0.2) is 0 Å². The van der Waals surface area contributed by atoms with E-state index in [1.807, 2.05) is 0 Å². The molecule has 2 heterocycles. The van der Waals surface area contributed by atoms with Gasteiger partial charge in [-0.15, -0.1) is 0 Å². The summed E-state index contributed by atoms with van der Waals surface area (Å²) in [6.45, 7) is 8.21. The highest BCUT2D eigenvalue weighted by molar-refractivity contribution is 5.66. The van der Waals surface area contributed by atoms with Crippen LogP contribution >= 0.6 is 0 Å². The van der Waals surface area contributed by atoms with Crippen molar-refractivity contribution < 1.29 is 14.6 Å². The fourth-order valence-corrected chi connectivity index (χ4v) is 3.36. The molecule has 0 aromatic heterocycles. The summed E-state index contributed by atoms with van der Waals surface area (Å²) >= 11 is 0. The first-order valence-corrected chi connectivity index (χ1v) is 7.99. The average Bonchev–Trinajstić information content (AvgIpc) is 2.46. The first-order valence-electron chi connectivity index (χ1n) is 7.99. The van der Waals surface area contributed by atoms with Gasteiger partial charge in [-0.2, -0.15) is 0 Å². The van der Waals surface area contributed by atoms with Crippen LogP contribution in [0.5, 0.6) is 0 Å². The van der Waals surface area contributed by atoms with E-state index in [1.54, 1.807) is 0 Å². The van der Waals surface area contributed by atoms with Crippen molar-refractivity contribution >= 4 is 5.97 Å². The minimum Gasteiger partial charge on any atom is -0.481 e. The number of rotatable bonds is 6. The number of carbonyl (C=O) groups is 1. The molecule has 5 nitrogen and oxygen atoms in total. The maximum absolute atomic E-state index is 10.8. The van der Waals surface area contributed by atoms with Crippen molar-refractivity contribution in [3.05, 3.63) is 0 Å². The summed E-state index contributed by atoms with van der Waals surface area (Å²) in [6, 6.07) is 0.431. The number of ether oxygens (including phenoxy) is 1. The topological polar surface area (TPSA) is 53.0 Å². The third-order valence-corrected chi connectivity index (χ3v) is 4.55. The van der Waals surface area contributed by atoms with Crippen molar-refractivity contribution in [2.45, 2.75) is 51.2 Å². The van der Waals surface area contributed by atoms with Crippen molar-refractivity contribution in [2.75, 3.05) is 39.3 Å². The molecule has 2 aliphatic heterocycles. The number of likely N-dealkylation sites (N-methyl/N-ethyl adjacent to an activating group) is 1. The van der Waals surface area contributed by atoms with Crippen LogP contribution < -0.4 is 0 Å². The molecule has 0 aromatic carbocycles. The number of carboxylic acids is 1. The minimum atomic E-state index is -0.679. The van der Waals surface area contributed by atoms with E-state index in [0.29, 0.717) is 6.04 Å². The van der Waals surface area contributed by atoms with Gasteiger partial charge in [0.05, 0.1) is 12.7 Å². The van der Waals surface area contributed by atoms with E-state index in [-0.39, 0.29) is 12.5 Å². The Hall–Kier alpha value is -0.650. The Labute approximate surface area is 121 Å². The first-order chi connectivity index (χ1) is 9.69. The Morgan fingerprint density at radius 3 is 2.95 bits per heavy atom. The Balaban J connectivity index is 1.82. The van der Waals surface area contributed by atoms with E-state index in [2.05, 4.69) is 16.7 Å². The Kier molecular flexibility index (Phi) is 6.26. The van der Waals surface area contributed by atoms with Crippen LogP contribution in [0.1, 0.15) is 39.0 Å². The van der Waals surface area contributed by atoms with Crippen LogP contribution in [0.2, 0.25) is 0 Å². The summed E-state index contributed by atoms with van der Waals surface area (Å²) in [4.78, 5) is 15.7. The van der Waals surface area contributed by atoms with E-state index in [1.165, 1.54) is 12.8 Å². The van der Waals surface area contributed by atoms with Crippen LogP contribution in [0.15, 0.2) is 0 Å². The van der Waals surface area contributed by atoms with E-state index in [4.69, 9.17) is 9.84 Å². The largest absolute Gasteiger partial charge is 0.481 e. The molecule has 5 heteroatoms. The van der Waals surface area contributed by atoms with Gasteiger partial charge in [-0.3, -0.25) is 14.6 Å². The number of carboxylic acid groups (broad SMARTS) is 1. The second-order valence-electron chi connectivity index (χ2n) is 5.96. The number of morpholine rings is 1. The van der Waals surface area contributed by atoms with Gasteiger partial charge in [0.2, 0.25) is 0 Å². The zero-order chi connectivity index (χ0) is 14.4. The van der Waals surface area contributed by atoms with Gasteiger partial charge in [0.1, 0.15) is 0 Å². The van der Waals surface area contributed by atoms with Gasteiger partial charge in [-0.05, 0) is 32.4 Å². The summed E-state index contributed by atoms with van der Waals surface area (Å²) in [7, 11) is 0. The van der Waals surface area contributed by atoms with Crippen molar-refractivity contribution in [1.82, 2.24) is 9.80 Å². The van der Waals surface area contributed by atoms with Crippen LogP contribution in [-0.2, 0) is 9.53 Å². The average molecular weight is 284 g/mol. The molecule has 0 radical (unpaired) electrons. The number of hydrogen-bond donors (Lipinski definition) is 1. The second-order valence-corrected chi connectivity index (χ2v) is 5.96. The number of piperidine rings is 1. The molecule has 2 fully saturated rings. The molecular formula is C15H28N2O3. The SMILES string of the molecule is CCN1CCOC(CN2CCCCC2CCC(=O)O)C1. The molecule has 0 aromatic rings. The zero-order valence-corrected chi connectivity index (χ0v) is 12.6. The molecule has 2 atom stereocenters. The molecule has 2 rings (SSSR count). The number of nitrogens with zero attached hydrogens (tertiary/aromatic N) is 2. The van der Waals surface area contributed by atoms with E-state index >= 15 is 0 Å². The van der Waals surface area contributed by atoms with Crippen molar-refractivity contribution in [3.8, 4) is 0 Å². The Morgan fingerprint density at radius 1 is 1.35 bits per heavy atom. The van der Waals surface area contributed by atoms with Crippen LogP contribution in [0, 0.1) is 0 Å². The molecule has 0 bridgehead atoms. The predicted octanol–water partition coefficient (Wildman–Crippen LogP) is 1.43. The molecule has 116 valence electrons. The summed E-state index contributed by atoms with van der Waals surface area (Å²) in [6.07, 6.45) is 4.94. The van der Waals surface area contributed by atoms with Gasteiger partial charge in [0, 0.05) is 32.1 Å². The molecule has 0 saturated carbocycles. The zero-order valence-electron chi connectivity index (χ0n) is 12.6. The summed E-state index contributed by atoms with van der Waals surface area (Å²) in [5.41, 5.74) is 0. The molecule has 2 saturated heterocycles. The molecule has 2 unspecified atom stereocenters. The maximum atomic E-state index is 10.8. The normalized spacial score (nSPS) is 29.4. The second kappa shape index (κ2) is 7.96. The molecule has 0 aliphatic carbocycles. The fraction of sp³-hybridized carbons (Fsp3) is 0.933. The van der Waals surface area contributed by atoms with Gasteiger partial charge < -0.3 is 9.84 Å². The van der Waals surface area contributed by atoms with Crippen LogP contribution in [-0.4, -0.2) is 72.4 Å². The lowest BCUT2D eigenvalue weighted by Gasteiger charge is -2.40. The van der Waals surface area contributed by atoms with Crippen molar-refractivity contribution in [2.24, 2.45) is 0 Å². The molecule has 0 amide bonds. The summed E-state index contributed by atoms with van der Waals surface area (Å²) in [5.74, 6) is -0.679. The quantitative estimate of drug-likeness (QED) is 0.799. The predicted molar refractivity (Wildman–Crippen MR) is 77.9 cm³/mol. The molecule has 1 N–H and O–H groups in total. The standard InChI is InChI=1S/C15H28N2O3/c1-2-16-9-10-20-14(11-16)12-17-8-4-3-5-13(17)6-7-15(18)19/h13-14H,2-12H2,1H3,(H,18,19). The first kappa shape index (κ1) is 15.7. The van der Waals surface area contributed by atoms with Gasteiger partial charge >= 0.3 is 5.97 Å². The van der Waals surface area contributed by atoms with E-state index in [9.17, 15) is 4.79 Å². The fourth-order valence-electron chi connectivity index (χ4n) is 3.36. The highest BCUT2D eigenvalue weighted by Gasteiger charge is 2.27. The highest BCUT2D eigenvalue weighted by Crippen LogP contribution is 2.22. The Bertz CT molecular complexity index is 311. The third-order valence-electron chi connectivity index (χ3n) is 4.55. The van der Waals surface area contributed by atoms with E-state index < -0.39 is 5.97 Å². The number of aliphatic carboxylic acids is 1. The molecule has 2 aliphatic rings. The minimum absolute atomic E-state index is 0.285. The third kappa shape index (κ3) is 4.72. The highest BCUT2D eigenvalue weighted by atomic mass is 16.5. The lowest BCUT2D eigenvalue weighted by Crippen LogP contribution is -2.50. The monoisotopic (exact) mass is 284 g/mol. The molecule has 20 heavy (non-hydrogen) atoms.